The summed E-state index contributed by atoms with van der Waals surface area (Å²) in [5.74, 6) is -0.850. The van der Waals surface area contributed by atoms with Crippen LogP contribution in [0.5, 0.6) is 0 Å². The summed E-state index contributed by atoms with van der Waals surface area (Å²) in [5.41, 5.74) is 0. The van der Waals surface area contributed by atoms with Crippen molar-refractivity contribution in [3.05, 3.63) is 15.1 Å². The molecular formula is C7H8N4O3S. The molecule has 0 aromatic carbocycles. The van der Waals surface area contributed by atoms with E-state index in [4.69, 9.17) is 0 Å². The molecule has 1 saturated carbocycles. The maximum absolute atomic E-state index is 11.4. The molecule has 1 aromatic heterocycles. The molecule has 0 aliphatic heterocycles. The maximum atomic E-state index is 11.4. The van der Waals surface area contributed by atoms with Gasteiger partial charge in [-0.2, -0.15) is 0 Å². The zero-order valence-electron chi connectivity index (χ0n) is 7.84. The molecule has 1 aromatic rings. The van der Waals surface area contributed by atoms with Gasteiger partial charge in [-0.05, 0) is 6.92 Å². The van der Waals surface area contributed by atoms with Crippen molar-refractivity contribution < 1.29 is 9.72 Å². The molecule has 1 aliphatic rings. The minimum absolute atomic E-state index is 0.316. The first-order valence-corrected chi connectivity index (χ1v) is 5.14. The average Bonchev–Trinajstić information content (AvgIpc) is 2.86. The van der Waals surface area contributed by atoms with Crippen molar-refractivity contribution in [2.75, 3.05) is 5.32 Å². The summed E-state index contributed by atoms with van der Waals surface area (Å²) in [6.07, 6.45) is 0.316. The molecule has 7 nitrogen and oxygen atoms in total. The molecule has 2 rings (SSSR count). The quantitative estimate of drug-likeness (QED) is 0.598. The Bertz CT molecular complexity index is 418. The molecule has 8 heteroatoms. The molecule has 1 heterocycles. The SMILES string of the molecule is Cc1nnc(NC(=O)C2CC2[N+](=O)[O-])s1. The van der Waals surface area contributed by atoms with Crippen LogP contribution in [0.1, 0.15) is 11.4 Å². The number of hydrogen-bond donors (Lipinski definition) is 1. The maximum Gasteiger partial charge on any atom is 0.236 e. The summed E-state index contributed by atoms with van der Waals surface area (Å²) in [6, 6.07) is -0.723. The number of hydrogen-bond acceptors (Lipinski definition) is 6. The van der Waals surface area contributed by atoms with E-state index in [1.807, 2.05) is 0 Å². The molecule has 0 bridgehead atoms. The van der Waals surface area contributed by atoms with E-state index in [9.17, 15) is 14.9 Å². The van der Waals surface area contributed by atoms with Crippen LogP contribution in [-0.2, 0) is 4.79 Å². The topological polar surface area (TPSA) is 98.0 Å². The number of nitro groups is 1. The van der Waals surface area contributed by atoms with Gasteiger partial charge in [-0.15, -0.1) is 10.2 Å². The van der Waals surface area contributed by atoms with Crippen LogP contribution in [0.25, 0.3) is 0 Å². The smallest absolute Gasteiger partial charge is 0.236 e. The van der Waals surface area contributed by atoms with Crippen molar-refractivity contribution in [2.45, 2.75) is 19.4 Å². The summed E-state index contributed by atoms with van der Waals surface area (Å²) in [6.45, 7) is 1.77. The van der Waals surface area contributed by atoms with E-state index >= 15 is 0 Å². The number of nitrogens with zero attached hydrogens (tertiary/aromatic N) is 3. The lowest BCUT2D eigenvalue weighted by molar-refractivity contribution is -0.497. The molecule has 0 radical (unpaired) electrons. The number of rotatable bonds is 3. The average molecular weight is 228 g/mol. The first-order valence-electron chi connectivity index (χ1n) is 4.32. The van der Waals surface area contributed by atoms with Crippen LogP contribution in [0.2, 0.25) is 0 Å². The molecule has 1 N–H and O–H groups in total. The van der Waals surface area contributed by atoms with E-state index in [-0.39, 0.29) is 5.91 Å². The molecule has 0 saturated heterocycles. The number of carbonyl (C=O) groups excluding carboxylic acids is 1. The van der Waals surface area contributed by atoms with Gasteiger partial charge in [0.2, 0.25) is 17.1 Å². The van der Waals surface area contributed by atoms with Crippen molar-refractivity contribution in [2.24, 2.45) is 5.92 Å². The number of aryl methyl sites for hydroxylation is 1. The predicted molar refractivity (Wildman–Crippen MR) is 52.2 cm³/mol. The Morgan fingerprint density at radius 2 is 2.40 bits per heavy atom. The second kappa shape index (κ2) is 3.54. The van der Waals surface area contributed by atoms with Gasteiger partial charge in [-0.25, -0.2) is 0 Å². The number of anilines is 1. The highest BCUT2D eigenvalue weighted by Crippen LogP contribution is 2.34. The van der Waals surface area contributed by atoms with E-state index in [0.717, 1.165) is 5.01 Å². The standard InChI is InChI=1S/C7H8N4O3S/c1-3-9-10-7(15-3)8-6(12)4-2-5(4)11(13)14/h4-5H,2H2,1H3,(H,8,10,12). The van der Waals surface area contributed by atoms with Gasteiger partial charge >= 0.3 is 0 Å². The van der Waals surface area contributed by atoms with Crippen LogP contribution < -0.4 is 5.32 Å². The molecular weight excluding hydrogens is 220 g/mol. The Morgan fingerprint density at radius 1 is 1.67 bits per heavy atom. The third kappa shape index (κ3) is 2.09. The van der Waals surface area contributed by atoms with E-state index < -0.39 is 16.9 Å². The first-order chi connectivity index (χ1) is 7.08. The second-order valence-electron chi connectivity index (χ2n) is 3.31. The first kappa shape index (κ1) is 9.97. The molecule has 80 valence electrons. The van der Waals surface area contributed by atoms with Gasteiger partial charge in [0.05, 0.1) is 0 Å². The largest absolute Gasteiger partial charge is 0.300 e. The molecule has 2 atom stereocenters. The van der Waals surface area contributed by atoms with E-state index in [0.29, 0.717) is 11.6 Å². The highest BCUT2D eigenvalue weighted by Gasteiger charge is 2.53. The van der Waals surface area contributed by atoms with E-state index in [2.05, 4.69) is 15.5 Å². The van der Waals surface area contributed by atoms with Crippen molar-refractivity contribution in [3.63, 3.8) is 0 Å². The van der Waals surface area contributed by atoms with Gasteiger partial charge in [0.15, 0.2) is 0 Å². The number of aromatic nitrogens is 2. The molecule has 0 spiro atoms. The van der Waals surface area contributed by atoms with Gasteiger partial charge in [-0.1, -0.05) is 11.3 Å². The van der Waals surface area contributed by atoms with Gasteiger partial charge < -0.3 is 5.32 Å². The van der Waals surface area contributed by atoms with Crippen LogP contribution in [0.3, 0.4) is 0 Å². The van der Waals surface area contributed by atoms with E-state index in [1.54, 1.807) is 6.92 Å². The zero-order chi connectivity index (χ0) is 11.0. The Labute approximate surface area is 88.7 Å². The summed E-state index contributed by atoms with van der Waals surface area (Å²) >= 11 is 1.25. The lowest BCUT2D eigenvalue weighted by Gasteiger charge is -1.96. The lowest BCUT2D eigenvalue weighted by Crippen LogP contribution is -2.18. The number of carbonyl (C=O) groups is 1. The minimum Gasteiger partial charge on any atom is -0.300 e. The third-order valence-corrected chi connectivity index (χ3v) is 2.87. The third-order valence-electron chi connectivity index (χ3n) is 2.12. The van der Waals surface area contributed by atoms with Crippen LogP contribution in [-0.4, -0.2) is 27.1 Å². The summed E-state index contributed by atoms with van der Waals surface area (Å²) in [7, 11) is 0. The van der Waals surface area contributed by atoms with Gasteiger partial charge in [-0.3, -0.25) is 14.9 Å². The fourth-order valence-electron chi connectivity index (χ4n) is 1.24. The summed E-state index contributed by atoms with van der Waals surface area (Å²) < 4.78 is 0. The summed E-state index contributed by atoms with van der Waals surface area (Å²) in [5, 5.41) is 21.4. The normalized spacial score (nSPS) is 23.5. The van der Waals surface area contributed by atoms with Crippen LogP contribution in [0.4, 0.5) is 5.13 Å². The summed E-state index contributed by atoms with van der Waals surface area (Å²) in [4.78, 5) is 21.3. The van der Waals surface area contributed by atoms with Crippen LogP contribution in [0.15, 0.2) is 0 Å². The lowest BCUT2D eigenvalue weighted by atomic mass is 10.4. The molecule has 1 amide bonds. The Hall–Kier alpha value is -1.57. The van der Waals surface area contributed by atoms with Gasteiger partial charge in [0.1, 0.15) is 10.9 Å². The Balaban J connectivity index is 1.92. The van der Waals surface area contributed by atoms with Crippen molar-refractivity contribution in [3.8, 4) is 0 Å². The predicted octanol–water partition coefficient (Wildman–Crippen LogP) is 0.450. The zero-order valence-corrected chi connectivity index (χ0v) is 8.65. The fourth-order valence-corrected chi connectivity index (χ4v) is 1.84. The molecule has 15 heavy (non-hydrogen) atoms. The van der Waals surface area contributed by atoms with E-state index in [1.165, 1.54) is 11.3 Å². The fraction of sp³-hybridized carbons (Fsp3) is 0.571. The molecule has 2 unspecified atom stereocenters. The molecule has 1 fully saturated rings. The van der Waals surface area contributed by atoms with Crippen molar-refractivity contribution in [1.29, 1.82) is 0 Å². The van der Waals surface area contributed by atoms with Crippen LogP contribution in [0, 0.1) is 23.0 Å². The number of nitrogens with one attached hydrogen (secondary N) is 1. The van der Waals surface area contributed by atoms with Crippen LogP contribution >= 0.6 is 11.3 Å². The highest BCUT2D eigenvalue weighted by molar-refractivity contribution is 7.15. The highest BCUT2D eigenvalue weighted by atomic mass is 32.1. The number of amides is 1. The Morgan fingerprint density at radius 3 is 2.87 bits per heavy atom. The second-order valence-corrected chi connectivity index (χ2v) is 4.49. The van der Waals surface area contributed by atoms with Crippen molar-refractivity contribution in [1.82, 2.24) is 10.2 Å². The van der Waals surface area contributed by atoms with Crippen molar-refractivity contribution >= 4 is 22.4 Å². The monoisotopic (exact) mass is 228 g/mol. The minimum atomic E-state index is -0.723. The van der Waals surface area contributed by atoms with Gasteiger partial charge in [0.25, 0.3) is 0 Å². The molecule has 1 aliphatic carbocycles. The van der Waals surface area contributed by atoms with Gasteiger partial charge in [0, 0.05) is 11.3 Å². The Kier molecular flexibility index (Phi) is 2.35.